The highest BCUT2D eigenvalue weighted by molar-refractivity contribution is 7.99. The zero-order valence-electron chi connectivity index (χ0n) is 12.1. The van der Waals surface area contributed by atoms with Crippen LogP contribution in [0.4, 0.5) is 0 Å². The number of nitrogens with one attached hydrogen (secondary N) is 1. The first kappa shape index (κ1) is 15.0. The van der Waals surface area contributed by atoms with Gasteiger partial charge in [-0.1, -0.05) is 26.0 Å². The lowest BCUT2D eigenvalue weighted by Gasteiger charge is -2.05. The van der Waals surface area contributed by atoms with Crippen LogP contribution in [0.3, 0.4) is 0 Å². The molecule has 106 valence electrons. The molecule has 1 aromatic heterocycles. The van der Waals surface area contributed by atoms with Gasteiger partial charge in [-0.25, -0.2) is 9.97 Å². The maximum absolute atomic E-state index is 4.45. The molecule has 0 amide bonds. The maximum atomic E-state index is 4.45. The summed E-state index contributed by atoms with van der Waals surface area (Å²) in [5, 5.41) is 3.35. The summed E-state index contributed by atoms with van der Waals surface area (Å²) in [5.41, 5.74) is 2.19. The molecule has 4 heteroatoms. The Kier molecular flexibility index (Phi) is 6.02. The molecular formula is C16H21N3S. The average molecular weight is 287 g/mol. The molecule has 0 atom stereocenters. The number of rotatable bonds is 7. The van der Waals surface area contributed by atoms with Crippen LogP contribution in [0, 0.1) is 0 Å². The van der Waals surface area contributed by atoms with Crippen LogP contribution in [-0.2, 0) is 6.54 Å². The van der Waals surface area contributed by atoms with Gasteiger partial charge in [0.15, 0.2) is 5.82 Å². The topological polar surface area (TPSA) is 37.8 Å². The first-order valence-electron chi connectivity index (χ1n) is 7.08. The van der Waals surface area contributed by atoms with E-state index >= 15 is 0 Å². The van der Waals surface area contributed by atoms with Gasteiger partial charge >= 0.3 is 0 Å². The highest BCUT2D eigenvalue weighted by atomic mass is 32.2. The normalized spacial score (nSPS) is 10.7. The fourth-order valence-corrected chi connectivity index (χ4v) is 2.53. The molecule has 1 heterocycles. The minimum atomic E-state index is 0.789. The second-order valence-corrected chi connectivity index (χ2v) is 5.89. The van der Waals surface area contributed by atoms with Crippen molar-refractivity contribution in [3.05, 3.63) is 42.2 Å². The van der Waals surface area contributed by atoms with Gasteiger partial charge in [-0.3, -0.25) is 0 Å². The second kappa shape index (κ2) is 8.02. The molecule has 0 aliphatic carbocycles. The summed E-state index contributed by atoms with van der Waals surface area (Å²) in [5.74, 6) is 1.88. The van der Waals surface area contributed by atoms with Crippen molar-refractivity contribution in [2.75, 3.05) is 12.3 Å². The van der Waals surface area contributed by atoms with Crippen molar-refractivity contribution >= 4 is 11.8 Å². The molecule has 1 aromatic carbocycles. The Hall–Kier alpha value is -1.39. The fourth-order valence-electron chi connectivity index (χ4n) is 1.87. The minimum absolute atomic E-state index is 0.789. The standard InChI is InChI=1S/C16H21N3S/c1-3-9-17-10-13-11-18-16(19-12-13)14-5-7-15(8-6-14)20-4-2/h5-8,11-12,17H,3-4,9-10H2,1-2H3. The first-order chi connectivity index (χ1) is 9.83. The van der Waals surface area contributed by atoms with Crippen molar-refractivity contribution in [2.45, 2.75) is 31.7 Å². The Morgan fingerprint density at radius 1 is 1.05 bits per heavy atom. The number of benzene rings is 1. The van der Waals surface area contributed by atoms with E-state index in [4.69, 9.17) is 0 Å². The summed E-state index contributed by atoms with van der Waals surface area (Å²) in [6.45, 7) is 6.18. The lowest BCUT2D eigenvalue weighted by molar-refractivity contribution is 0.672. The van der Waals surface area contributed by atoms with Crippen molar-refractivity contribution in [3.8, 4) is 11.4 Å². The lowest BCUT2D eigenvalue weighted by Crippen LogP contribution is -2.14. The summed E-state index contributed by atoms with van der Waals surface area (Å²) in [6.07, 6.45) is 4.94. The van der Waals surface area contributed by atoms with Gasteiger partial charge in [0, 0.05) is 35.0 Å². The summed E-state index contributed by atoms with van der Waals surface area (Å²) in [6, 6.07) is 8.43. The largest absolute Gasteiger partial charge is 0.313 e. The summed E-state index contributed by atoms with van der Waals surface area (Å²) in [4.78, 5) is 10.2. The van der Waals surface area contributed by atoms with Gasteiger partial charge in [-0.05, 0) is 30.9 Å². The van der Waals surface area contributed by atoms with Crippen LogP contribution < -0.4 is 5.32 Å². The molecule has 0 spiro atoms. The summed E-state index contributed by atoms with van der Waals surface area (Å²) >= 11 is 1.84. The van der Waals surface area contributed by atoms with Gasteiger partial charge in [-0.15, -0.1) is 11.8 Å². The summed E-state index contributed by atoms with van der Waals surface area (Å²) in [7, 11) is 0. The Morgan fingerprint density at radius 2 is 1.75 bits per heavy atom. The molecule has 0 radical (unpaired) electrons. The molecule has 0 aliphatic rings. The molecule has 1 N–H and O–H groups in total. The number of nitrogens with zero attached hydrogens (tertiary/aromatic N) is 2. The zero-order valence-corrected chi connectivity index (χ0v) is 12.9. The van der Waals surface area contributed by atoms with Crippen LogP contribution in [0.2, 0.25) is 0 Å². The van der Waals surface area contributed by atoms with Gasteiger partial charge in [0.2, 0.25) is 0 Å². The first-order valence-corrected chi connectivity index (χ1v) is 8.07. The molecule has 0 fully saturated rings. The molecular weight excluding hydrogens is 266 g/mol. The van der Waals surface area contributed by atoms with Crippen molar-refractivity contribution < 1.29 is 0 Å². The van der Waals surface area contributed by atoms with E-state index in [0.29, 0.717) is 0 Å². The van der Waals surface area contributed by atoms with E-state index in [-0.39, 0.29) is 0 Å². The Balaban J connectivity index is 2.01. The Bertz CT molecular complexity index is 508. The third-order valence-corrected chi connectivity index (χ3v) is 3.78. The van der Waals surface area contributed by atoms with Crippen LogP contribution in [-0.4, -0.2) is 22.3 Å². The van der Waals surface area contributed by atoms with E-state index in [1.807, 2.05) is 24.2 Å². The van der Waals surface area contributed by atoms with Gasteiger partial charge < -0.3 is 5.32 Å². The third kappa shape index (κ3) is 4.32. The molecule has 0 unspecified atom stereocenters. The number of hydrogen-bond acceptors (Lipinski definition) is 4. The van der Waals surface area contributed by atoms with Crippen molar-refractivity contribution in [1.29, 1.82) is 0 Å². The molecule has 2 rings (SSSR count). The van der Waals surface area contributed by atoms with Crippen molar-refractivity contribution in [3.63, 3.8) is 0 Å². The smallest absolute Gasteiger partial charge is 0.159 e. The maximum Gasteiger partial charge on any atom is 0.159 e. The van der Waals surface area contributed by atoms with Crippen LogP contribution >= 0.6 is 11.8 Å². The van der Waals surface area contributed by atoms with Gasteiger partial charge in [0.05, 0.1) is 0 Å². The van der Waals surface area contributed by atoms with Crippen LogP contribution in [0.15, 0.2) is 41.6 Å². The molecule has 0 saturated heterocycles. The van der Waals surface area contributed by atoms with Gasteiger partial charge in [0.1, 0.15) is 0 Å². The number of thioether (sulfide) groups is 1. The SMILES string of the molecule is CCCNCc1cnc(-c2ccc(SCC)cc2)nc1. The quantitative estimate of drug-likeness (QED) is 0.621. The van der Waals surface area contributed by atoms with Crippen LogP contribution in [0.1, 0.15) is 25.8 Å². The molecule has 3 nitrogen and oxygen atoms in total. The highest BCUT2D eigenvalue weighted by Gasteiger charge is 2.02. The highest BCUT2D eigenvalue weighted by Crippen LogP contribution is 2.21. The molecule has 0 bridgehead atoms. The molecule has 0 saturated carbocycles. The van der Waals surface area contributed by atoms with E-state index in [9.17, 15) is 0 Å². The predicted octanol–water partition coefficient (Wildman–Crippen LogP) is 3.76. The number of hydrogen-bond donors (Lipinski definition) is 1. The van der Waals surface area contributed by atoms with Crippen LogP contribution in [0.5, 0.6) is 0 Å². The van der Waals surface area contributed by atoms with E-state index < -0.39 is 0 Å². The molecule has 0 aliphatic heterocycles. The van der Waals surface area contributed by atoms with E-state index in [0.717, 1.165) is 42.2 Å². The monoisotopic (exact) mass is 287 g/mol. The minimum Gasteiger partial charge on any atom is -0.313 e. The Labute approximate surface area is 125 Å². The number of aromatic nitrogens is 2. The van der Waals surface area contributed by atoms with E-state index in [1.165, 1.54) is 4.90 Å². The second-order valence-electron chi connectivity index (χ2n) is 4.55. The third-order valence-electron chi connectivity index (χ3n) is 2.88. The predicted molar refractivity (Wildman–Crippen MR) is 85.9 cm³/mol. The molecule has 2 aromatic rings. The fraction of sp³-hybridized carbons (Fsp3) is 0.375. The van der Waals surface area contributed by atoms with Crippen molar-refractivity contribution in [2.24, 2.45) is 0 Å². The van der Waals surface area contributed by atoms with Gasteiger partial charge in [-0.2, -0.15) is 0 Å². The van der Waals surface area contributed by atoms with E-state index in [1.54, 1.807) is 0 Å². The van der Waals surface area contributed by atoms with Crippen molar-refractivity contribution in [1.82, 2.24) is 15.3 Å². The van der Waals surface area contributed by atoms with Gasteiger partial charge in [0.25, 0.3) is 0 Å². The average Bonchev–Trinajstić information content (AvgIpc) is 2.49. The summed E-state index contributed by atoms with van der Waals surface area (Å²) < 4.78 is 0. The lowest BCUT2D eigenvalue weighted by atomic mass is 10.2. The Morgan fingerprint density at radius 3 is 2.35 bits per heavy atom. The molecule has 20 heavy (non-hydrogen) atoms. The van der Waals surface area contributed by atoms with Crippen LogP contribution in [0.25, 0.3) is 11.4 Å². The van der Waals surface area contributed by atoms with E-state index in [2.05, 4.69) is 53.4 Å². The zero-order chi connectivity index (χ0) is 14.2.